The van der Waals surface area contributed by atoms with Gasteiger partial charge < -0.3 is 10.6 Å². The Kier molecular flexibility index (Phi) is 6.51. The molecule has 3 rings (SSSR count). The summed E-state index contributed by atoms with van der Waals surface area (Å²) in [5, 5.41) is 6.79. The third kappa shape index (κ3) is 4.92. The predicted molar refractivity (Wildman–Crippen MR) is 117 cm³/mol. The Morgan fingerprint density at radius 1 is 1.14 bits per heavy atom. The zero-order valence-corrected chi connectivity index (χ0v) is 18.2. The van der Waals surface area contributed by atoms with Gasteiger partial charge in [-0.1, -0.05) is 29.5 Å². The number of rotatable bonds is 8. The first-order valence-corrected chi connectivity index (χ1v) is 11.5. The van der Waals surface area contributed by atoms with Gasteiger partial charge in [-0.3, -0.25) is 4.79 Å². The van der Waals surface area contributed by atoms with E-state index in [1.54, 1.807) is 37.3 Å². The molecule has 2 N–H and O–H groups in total. The van der Waals surface area contributed by atoms with Crippen LogP contribution in [0.15, 0.2) is 53.4 Å². The van der Waals surface area contributed by atoms with Crippen molar-refractivity contribution < 1.29 is 13.2 Å². The summed E-state index contributed by atoms with van der Waals surface area (Å²) in [4.78, 5) is 17.0. The average molecular weight is 433 g/mol. The third-order valence-corrected chi connectivity index (χ3v) is 7.50. The second-order valence-electron chi connectivity index (χ2n) is 6.81. The third-order valence-electron chi connectivity index (χ3n) is 4.48. The molecule has 1 aromatic heterocycles. The lowest BCUT2D eigenvalue weighted by Gasteiger charge is -2.21. The summed E-state index contributed by atoms with van der Waals surface area (Å²) in [7, 11) is -2.11. The lowest BCUT2D eigenvalue weighted by atomic mass is 10.2. The van der Waals surface area contributed by atoms with Crippen molar-refractivity contribution in [3.8, 4) is 0 Å². The van der Waals surface area contributed by atoms with Gasteiger partial charge in [-0.2, -0.15) is 4.31 Å². The number of fused-ring (bicyclic) bond motifs is 1. The van der Waals surface area contributed by atoms with Crippen LogP contribution in [0.4, 0.5) is 5.13 Å². The molecule has 1 amide bonds. The minimum absolute atomic E-state index is 0.106. The highest BCUT2D eigenvalue weighted by Crippen LogP contribution is 2.25. The van der Waals surface area contributed by atoms with E-state index in [2.05, 4.69) is 15.6 Å². The molecule has 0 fully saturated rings. The minimum Gasteiger partial charge on any atom is -0.360 e. The van der Waals surface area contributed by atoms with Gasteiger partial charge >= 0.3 is 0 Å². The molecule has 0 bridgehead atoms. The van der Waals surface area contributed by atoms with Crippen molar-refractivity contribution in [2.45, 2.75) is 24.8 Å². The number of benzene rings is 2. The summed E-state index contributed by atoms with van der Waals surface area (Å²) < 4.78 is 27.6. The van der Waals surface area contributed by atoms with E-state index in [0.717, 1.165) is 15.3 Å². The van der Waals surface area contributed by atoms with Gasteiger partial charge in [-0.25, -0.2) is 13.4 Å². The van der Waals surface area contributed by atoms with Crippen molar-refractivity contribution in [2.75, 3.05) is 25.5 Å². The number of anilines is 1. The number of nitrogens with zero attached hydrogens (tertiary/aromatic N) is 2. The molecule has 3 aromatic rings. The number of hydrogen-bond donors (Lipinski definition) is 2. The van der Waals surface area contributed by atoms with Crippen molar-refractivity contribution in [1.29, 1.82) is 0 Å². The summed E-state index contributed by atoms with van der Waals surface area (Å²) in [6, 6.07) is 13.8. The Bertz CT molecular complexity index is 1080. The summed E-state index contributed by atoms with van der Waals surface area (Å²) in [5.74, 6) is -0.319. The van der Waals surface area contributed by atoms with Gasteiger partial charge in [0.15, 0.2) is 5.13 Å². The van der Waals surface area contributed by atoms with Crippen LogP contribution in [-0.4, -0.2) is 49.8 Å². The lowest BCUT2D eigenvalue weighted by molar-refractivity contribution is 0.0955. The van der Waals surface area contributed by atoms with Crippen LogP contribution >= 0.6 is 11.3 Å². The molecule has 0 aliphatic carbocycles. The molecule has 0 saturated carbocycles. The van der Waals surface area contributed by atoms with E-state index >= 15 is 0 Å². The van der Waals surface area contributed by atoms with Crippen LogP contribution in [0.3, 0.4) is 0 Å². The molecule has 0 unspecified atom stereocenters. The van der Waals surface area contributed by atoms with Gasteiger partial charge in [-0.15, -0.1) is 0 Å². The quantitative estimate of drug-likeness (QED) is 0.534. The molecule has 9 heteroatoms. The monoisotopic (exact) mass is 432 g/mol. The molecule has 0 aliphatic rings. The maximum Gasteiger partial charge on any atom is 0.251 e. The van der Waals surface area contributed by atoms with E-state index in [0.29, 0.717) is 18.7 Å². The summed E-state index contributed by atoms with van der Waals surface area (Å²) in [6.45, 7) is 4.50. The topological polar surface area (TPSA) is 91.4 Å². The average Bonchev–Trinajstić information content (AvgIpc) is 3.13. The molecule has 2 aromatic carbocycles. The first-order chi connectivity index (χ1) is 13.8. The molecule has 154 valence electrons. The molecular weight excluding hydrogens is 408 g/mol. The molecule has 0 radical (unpaired) electrons. The zero-order valence-electron chi connectivity index (χ0n) is 16.5. The number of carbonyl (C=O) groups excluding carboxylic acids is 1. The Balaban J connectivity index is 1.58. The number of aromatic nitrogens is 1. The van der Waals surface area contributed by atoms with Crippen LogP contribution in [0.2, 0.25) is 0 Å². The normalized spacial score (nSPS) is 11.9. The fourth-order valence-electron chi connectivity index (χ4n) is 2.64. The molecule has 7 nitrogen and oxygen atoms in total. The van der Waals surface area contributed by atoms with Gasteiger partial charge in [0, 0.05) is 31.7 Å². The zero-order chi connectivity index (χ0) is 21.0. The molecule has 0 spiro atoms. The molecule has 0 saturated heterocycles. The molecule has 1 heterocycles. The smallest absolute Gasteiger partial charge is 0.251 e. The van der Waals surface area contributed by atoms with Gasteiger partial charge in [0.1, 0.15) is 0 Å². The van der Waals surface area contributed by atoms with Gasteiger partial charge in [0.25, 0.3) is 5.91 Å². The molecule has 0 atom stereocenters. The number of carbonyl (C=O) groups is 1. The van der Waals surface area contributed by atoms with Crippen LogP contribution in [0, 0.1) is 0 Å². The number of para-hydroxylation sites is 1. The fraction of sp³-hybridized carbons (Fsp3) is 0.300. The van der Waals surface area contributed by atoms with Gasteiger partial charge in [0.05, 0.1) is 15.1 Å². The highest BCUT2D eigenvalue weighted by atomic mass is 32.2. The van der Waals surface area contributed by atoms with Crippen molar-refractivity contribution in [2.24, 2.45) is 0 Å². The van der Waals surface area contributed by atoms with E-state index in [1.807, 2.05) is 24.3 Å². The van der Waals surface area contributed by atoms with Crippen LogP contribution in [-0.2, 0) is 10.0 Å². The van der Waals surface area contributed by atoms with E-state index in [9.17, 15) is 13.2 Å². The highest BCUT2D eigenvalue weighted by Gasteiger charge is 2.23. The largest absolute Gasteiger partial charge is 0.360 e. The van der Waals surface area contributed by atoms with Gasteiger partial charge in [-0.05, 0) is 44.2 Å². The summed E-state index contributed by atoms with van der Waals surface area (Å²) in [6.07, 6.45) is 0. The molecule has 0 aliphatic heterocycles. The van der Waals surface area contributed by atoms with Crippen molar-refractivity contribution in [3.63, 3.8) is 0 Å². The van der Waals surface area contributed by atoms with E-state index in [-0.39, 0.29) is 16.8 Å². The summed E-state index contributed by atoms with van der Waals surface area (Å²) in [5.41, 5.74) is 1.25. The second kappa shape index (κ2) is 8.89. The maximum atomic E-state index is 12.6. The highest BCUT2D eigenvalue weighted by molar-refractivity contribution is 7.89. The van der Waals surface area contributed by atoms with Crippen LogP contribution < -0.4 is 10.6 Å². The SMILES string of the molecule is CC(C)N(C)S(=O)(=O)c1cccc(C(=O)NCCNc2nc3ccccc3s2)c1. The number of hydrogen-bond acceptors (Lipinski definition) is 6. The van der Waals surface area contributed by atoms with Crippen molar-refractivity contribution in [3.05, 3.63) is 54.1 Å². The maximum absolute atomic E-state index is 12.6. The first kappa shape index (κ1) is 21.2. The molecule has 29 heavy (non-hydrogen) atoms. The van der Waals surface area contributed by atoms with E-state index in [1.165, 1.54) is 23.5 Å². The van der Waals surface area contributed by atoms with E-state index in [4.69, 9.17) is 0 Å². The van der Waals surface area contributed by atoms with Crippen molar-refractivity contribution in [1.82, 2.24) is 14.6 Å². The van der Waals surface area contributed by atoms with Crippen LogP contribution in [0.5, 0.6) is 0 Å². The van der Waals surface area contributed by atoms with Crippen molar-refractivity contribution >= 4 is 42.6 Å². The fourth-order valence-corrected chi connectivity index (χ4v) is 4.94. The van der Waals surface area contributed by atoms with Crippen LogP contribution in [0.25, 0.3) is 10.2 Å². The Labute approximate surface area is 174 Å². The first-order valence-electron chi connectivity index (χ1n) is 9.25. The van der Waals surface area contributed by atoms with Crippen LogP contribution in [0.1, 0.15) is 24.2 Å². The van der Waals surface area contributed by atoms with Gasteiger partial charge in [0.2, 0.25) is 10.0 Å². The summed E-state index contributed by atoms with van der Waals surface area (Å²) >= 11 is 1.56. The Morgan fingerprint density at radius 2 is 1.90 bits per heavy atom. The second-order valence-corrected chi connectivity index (χ2v) is 9.84. The Morgan fingerprint density at radius 3 is 2.62 bits per heavy atom. The number of nitrogens with one attached hydrogen (secondary N) is 2. The lowest BCUT2D eigenvalue weighted by Crippen LogP contribution is -2.33. The standard InChI is InChI=1S/C20H24N4O3S2/c1-14(2)24(3)29(26,27)16-8-6-7-15(13-16)19(25)21-11-12-22-20-23-17-9-4-5-10-18(17)28-20/h4-10,13-14H,11-12H2,1-3H3,(H,21,25)(H,22,23). The molecular formula is C20H24N4O3S2. The number of sulfonamides is 1. The Hall–Kier alpha value is -2.49. The number of amides is 1. The predicted octanol–water partition coefficient (Wildman–Crippen LogP) is 3.17. The minimum atomic E-state index is -3.63. The van der Waals surface area contributed by atoms with E-state index < -0.39 is 10.0 Å². The number of thiazole rings is 1.